The van der Waals surface area contributed by atoms with Crippen LogP contribution in [0, 0.1) is 0 Å². The van der Waals surface area contributed by atoms with Gasteiger partial charge < -0.3 is 15.6 Å². The second kappa shape index (κ2) is 5.32. The van der Waals surface area contributed by atoms with Crippen LogP contribution in [0.15, 0.2) is 0 Å². The maximum Gasteiger partial charge on any atom is 0.307 e. The Hall–Kier alpha value is -0.610. The number of hydrogen-bond acceptors (Lipinski definition) is 4. The molecule has 0 aliphatic rings. The average Bonchev–Trinajstić information content (AvgIpc) is 1.99. The van der Waals surface area contributed by atoms with Gasteiger partial charge in [-0.2, -0.15) is 0 Å². The highest BCUT2D eigenvalue weighted by Crippen LogP contribution is 2.10. The van der Waals surface area contributed by atoms with Crippen LogP contribution in [-0.4, -0.2) is 28.8 Å². The first-order valence-electron chi connectivity index (χ1n) is 4.91. The lowest BCUT2D eigenvalue weighted by molar-refractivity contribution is -0.155. The van der Waals surface area contributed by atoms with Crippen molar-refractivity contribution in [2.24, 2.45) is 5.73 Å². The van der Waals surface area contributed by atoms with Crippen LogP contribution in [0.1, 0.15) is 40.5 Å². The van der Waals surface area contributed by atoms with E-state index in [1.54, 1.807) is 20.8 Å². The average molecular weight is 203 g/mol. The molecule has 0 aromatic rings. The second-order valence-electron chi connectivity index (χ2n) is 4.43. The molecule has 3 N–H and O–H groups in total. The molecule has 0 rings (SSSR count). The van der Waals surface area contributed by atoms with Gasteiger partial charge in [-0.1, -0.05) is 6.92 Å². The molecule has 0 aromatic carbocycles. The molecule has 0 bridgehead atoms. The van der Waals surface area contributed by atoms with Crippen molar-refractivity contribution in [2.75, 3.05) is 0 Å². The summed E-state index contributed by atoms with van der Waals surface area (Å²) in [6, 6.07) is -0.533. The smallest absolute Gasteiger partial charge is 0.307 e. The molecule has 0 aliphatic carbocycles. The largest absolute Gasteiger partial charge is 0.460 e. The molecule has 0 aliphatic heterocycles. The molecule has 0 fully saturated rings. The minimum atomic E-state index is -0.637. The van der Waals surface area contributed by atoms with Crippen LogP contribution in [0.4, 0.5) is 0 Å². The topological polar surface area (TPSA) is 72.5 Å². The number of aliphatic hydroxyl groups excluding tert-OH is 1. The normalized spacial score (nSPS) is 16.1. The van der Waals surface area contributed by atoms with Gasteiger partial charge in [0.2, 0.25) is 0 Å². The van der Waals surface area contributed by atoms with Gasteiger partial charge in [-0.3, -0.25) is 4.79 Å². The summed E-state index contributed by atoms with van der Waals surface area (Å²) in [5, 5.41) is 9.34. The van der Waals surface area contributed by atoms with Crippen LogP contribution in [0.3, 0.4) is 0 Å². The number of hydrogen-bond donors (Lipinski definition) is 2. The summed E-state index contributed by atoms with van der Waals surface area (Å²) in [7, 11) is 0. The van der Waals surface area contributed by atoms with Gasteiger partial charge in [0.15, 0.2) is 0 Å². The van der Waals surface area contributed by atoms with Crippen molar-refractivity contribution in [3.05, 3.63) is 0 Å². The number of rotatable bonds is 4. The van der Waals surface area contributed by atoms with Gasteiger partial charge in [0.25, 0.3) is 0 Å². The van der Waals surface area contributed by atoms with E-state index >= 15 is 0 Å². The van der Waals surface area contributed by atoms with Gasteiger partial charge in [-0.05, 0) is 27.2 Å². The lowest BCUT2D eigenvalue weighted by Gasteiger charge is -2.22. The first-order valence-corrected chi connectivity index (χ1v) is 4.91. The fourth-order valence-electron chi connectivity index (χ4n) is 1.01. The SMILES string of the molecule is CCC(O)[C@@H](N)CC(=O)OC(C)(C)C. The van der Waals surface area contributed by atoms with Crippen LogP contribution >= 0.6 is 0 Å². The fourth-order valence-corrected chi connectivity index (χ4v) is 1.01. The van der Waals surface area contributed by atoms with Gasteiger partial charge in [-0.15, -0.1) is 0 Å². The molecule has 14 heavy (non-hydrogen) atoms. The second-order valence-corrected chi connectivity index (χ2v) is 4.43. The van der Waals surface area contributed by atoms with Crippen LogP contribution in [-0.2, 0) is 9.53 Å². The van der Waals surface area contributed by atoms with E-state index in [0.717, 1.165) is 0 Å². The van der Waals surface area contributed by atoms with Gasteiger partial charge in [0, 0.05) is 6.04 Å². The lowest BCUT2D eigenvalue weighted by atomic mass is 10.1. The van der Waals surface area contributed by atoms with Crippen LogP contribution in [0.2, 0.25) is 0 Å². The molecule has 4 nitrogen and oxygen atoms in total. The zero-order valence-electron chi connectivity index (χ0n) is 9.41. The number of carbonyl (C=O) groups is 1. The third-order valence-corrected chi connectivity index (χ3v) is 1.73. The number of aliphatic hydroxyl groups is 1. The van der Waals surface area contributed by atoms with Gasteiger partial charge in [-0.25, -0.2) is 0 Å². The third kappa shape index (κ3) is 5.94. The van der Waals surface area contributed by atoms with E-state index in [1.165, 1.54) is 0 Å². The minimum Gasteiger partial charge on any atom is -0.460 e. The zero-order chi connectivity index (χ0) is 11.4. The Balaban J connectivity index is 3.95. The molecule has 0 amide bonds. The van der Waals surface area contributed by atoms with Gasteiger partial charge in [0.1, 0.15) is 5.60 Å². The molecule has 0 radical (unpaired) electrons. The predicted octanol–water partition coefficient (Wildman–Crippen LogP) is 0.816. The minimum absolute atomic E-state index is 0.0618. The molecule has 0 spiro atoms. The van der Waals surface area contributed by atoms with E-state index in [0.29, 0.717) is 6.42 Å². The Morgan fingerprint density at radius 3 is 2.36 bits per heavy atom. The van der Waals surface area contributed by atoms with Crippen molar-refractivity contribution in [1.29, 1.82) is 0 Å². The maximum atomic E-state index is 11.3. The van der Waals surface area contributed by atoms with Crippen LogP contribution in [0.5, 0.6) is 0 Å². The first kappa shape index (κ1) is 13.4. The number of nitrogens with two attached hydrogens (primary N) is 1. The molecule has 0 saturated heterocycles. The standard InChI is InChI=1S/C10H21NO3/c1-5-8(12)7(11)6-9(13)14-10(2,3)4/h7-8,12H,5-6,11H2,1-4H3/t7-,8?/m0/s1. The predicted molar refractivity (Wildman–Crippen MR) is 54.7 cm³/mol. The molecule has 1 unspecified atom stereocenters. The van der Waals surface area contributed by atoms with Crippen LogP contribution in [0.25, 0.3) is 0 Å². The summed E-state index contributed by atoms with van der Waals surface area (Å²) >= 11 is 0. The highest BCUT2D eigenvalue weighted by Gasteiger charge is 2.21. The summed E-state index contributed by atoms with van der Waals surface area (Å²) in [6.45, 7) is 7.21. The molecule has 0 aromatic heterocycles. The Bertz CT molecular complexity index is 186. The maximum absolute atomic E-state index is 11.3. The van der Waals surface area contributed by atoms with Crippen molar-refractivity contribution in [1.82, 2.24) is 0 Å². The zero-order valence-corrected chi connectivity index (χ0v) is 9.41. The van der Waals surface area contributed by atoms with Crippen molar-refractivity contribution >= 4 is 5.97 Å². The molecule has 0 heterocycles. The summed E-state index contributed by atoms with van der Waals surface area (Å²) < 4.78 is 5.07. The molecule has 0 saturated carbocycles. The molecular formula is C10H21NO3. The van der Waals surface area contributed by atoms with E-state index in [2.05, 4.69) is 0 Å². The number of carbonyl (C=O) groups excluding carboxylic acids is 1. The molecular weight excluding hydrogens is 182 g/mol. The van der Waals surface area contributed by atoms with Crippen molar-refractivity contribution < 1.29 is 14.6 Å². The Morgan fingerprint density at radius 2 is 2.00 bits per heavy atom. The van der Waals surface area contributed by atoms with E-state index in [9.17, 15) is 9.90 Å². The van der Waals surface area contributed by atoms with E-state index < -0.39 is 17.7 Å². The Kier molecular flexibility index (Phi) is 5.08. The summed E-state index contributed by atoms with van der Waals surface area (Å²) in [5.74, 6) is -0.363. The first-order chi connectivity index (χ1) is 6.26. The lowest BCUT2D eigenvalue weighted by Crippen LogP contribution is -2.38. The van der Waals surface area contributed by atoms with E-state index in [4.69, 9.17) is 10.5 Å². The Labute approximate surface area is 85.4 Å². The molecule has 84 valence electrons. The van der Waals surface area contributed by atoms with E-state index in [-0.39, 0.29) is 12.4 Å². The highest BCUT2D eigenvalue weighted by molar-refractivity contribution is 5.70. The van der Waals surface area contributed by atoms with E-state index in [1.807, 2.05) is 6.92 Å². The highest BCUT2D eigenvalue weighted by atomic mass is 16.6. The number of ether oxygens (including phenoxy) is 1. The summed E-state index contributed by atoms with van der Waals surface area (Å²) in [6.07, 6.45) is -0.0292. The summed E-state index contributed by atoms with van der Waals surface area (Å²) in [5.41, 5.74) is 5.10. The van der Waals surface area contributed by atoms with Gasteiger partial charge in [0.05, 0.1) is 12.5 Å². The van der Waals surface area contributed by atoms with Crippen molar-refractivity contribution in [3.8, 4) is 0 Å². The third-order valence-electron chi connectivity index (χ3n) is 1.73. The quantitative estimate of drug-likeness (QED) is 0.663. The molecule has 2 atom stereocenters. The fraction of sp³-hybridized carbons (Fsp3) is 0.900. The van der Waals surface area contributed by atoms with Crippen molar-refractivity contribution in [2.45, 2.75) is 58.3 Å². The summed E-state index contributed by atoms with van der Waals surface area (Å²) in [4.78, 5) is 11.3. The molecule has 4 heteroatoms. The monoisotopic (exact) mass is 203 g/mol. The Morgan fingerprint density at radius 1 is 1.50 bits per heavy atom. The van der Waals surface area contributed by atoms with Gasteiger partial charge >= 0.3 is 5.97 Å². The number of esters is 1. The van der Waals surface area contributed by atoms with Crippen LogP contribution < -0.4 is 5.73 Å². The van der Waals surface area contributed by atoms with Crippen molar-refractivity contribution in [3.63, 3.8) is 0 Å².